The van der Waals surface area contributed by atoms with Gasteiger partial charge < -0.3 is 14.2 Å². The largest absolute Gasteiger partial charge is 0.463 e. The predicted molar refractivity (Wildman–Crippen MR) is 60.3 cm³/mol. The van der Waals surface area contributed by atoms with Crippen LogP contribution in [0.2, 0.25) is 0 Å². The Bertz CT molecular complexity index is 279. The lowest BCUT2D eigenvalue weighted by Gasteiger charge is -2.08. The molecule has 0 aromatic heterocycles. The molecule has 0 saturated carbocycles. The Hall–Kier alpha value is -1.36. The second-order valence-electron chi connectivity index (χ2n) is 3.77. The zero-order valence-electron chi connectivity index (χ0n) is 10.0. The molecule has 96 valence electrons. The first-order valence-electron chi connectivity index (χ1n) is 5.85. The summed E-state index contributed by atoms with van der Waals surface area (Å²) < 4.78 is 15.0. The number of carbonyl (C=O) groups excluding carboxylic acids is 2. The fraction of sp³-hybridized carbons (Fsp3) is 0.667. The first kappa shape index (κ1) is 13.7. The Kier molecular flexibility index (Phi) is 6.32. The van der Waals surface area contributed by atoms with E-state index in [0.29, 0.717) is 6.61 Å². The molecule has 1 aliphatic heterocycles. The van der Waals surface area contributed by atoms with E-state index < -0.39 is 11.9 Å². The van der Waals surface area contributed by atoms with Gasteiger partial charge in [-0.1, -0.05) is 6.92 Å². The fourth-order valence-corrected chi connectivity index (χ4v) is 1.39. The lowest BCUT2D eigenvalue weighted by Crippen LogP contribution is -2.16. The molecule has 0 amide bonds. The Morgan fingerprint density at radius 2 is 2.00 bits per heavy atom. The maximum absolute atomic E-state index is 11.2. The van der Waals surface area contributed by atoms with Crippen molar-refractivity contribution in [2.75, 3.05) is 19.8 Å². The highest BCUT2D eigenvalue weighted by Crippen LogP contribution is 2.11. The number of hydrogen-bond acceptors (Lipinski definition) is 5. The molecule has 1 heterocycles. The topological polar surface area (TPSA) is 61.8 Å². The summed E-state index contributed by atoms with van der Waals surface area (Å²) in [6.07, 6.45) is 4.82. The van der Waals surface area contributed by atoms with Gasteiger partial charge in [0.25, 0.3) is 0 Å². The van der Waals surface area contributed by atoms with Gasteiger partial charge in [-0.3, -0.25) is 0 Å². The van der Waals surface area contributed by atoms with Crippen LogP contribution in [0.1, 0.15) is 26.2 Å². The van der Waals surface area contributed by atoms with Gasteiger partial charge in [0.05, 0.1) is 12.7 Å². The van der Waals surface area contributed by atoms with Gasteiger partial charge in [0, 0.05) is 18.8 Å². The summed E-state index contributed by atoms with van der Waals surface area (Å²) in [4.78, 5) is 22.2. The van der Waals surface area contributed by atoms with E-state index in [-0.39, 0.29) is 12.7 Å². The Morgan fingerprint density at radius 1 is 1.29 bits per heavy atom. The van der Waals surface area contributed by atoms with E-state index in [1.54, 1.807) is 0 Å². The van der Waals surface area contributed by atoms with E-state index in [2.05, 4.69) is 0 Å². The van der Waals surface area contributed by atoms with E-state index in [1.165, 1.54) is 0 Å². The SMILES string of the molecule is CCCOC(=O)/C=C/C(=O)OCC1CCCO1. The van der Waals surface area contributed by atoms with Gasteiger partial charge in [0.15, 0.2) is 0 Å². The van der Waals surface area contributed by atoms with Crippen molar-refractivity contribution in [3.05, 3.63) is 12.2 Å². The van der Waals surface area contributed by atoms with Crippen LogP contribution in [0.3, 0.4) is 0 Å². The van der Waals surface area contributed by atoms with Gasteiger partial charge in [-0.05, 0) is 19.3 Å². The molecule has 1 fully saturated rings. The molecule has 1 aliphatic rings. The monoisotopic (exact) mass is 242 g/mol. The number of rotatable bonds is 6. The summed E-state index contributed by atoms with van der Waals surface area (Å²) >= 11 is 0. The number of hydrogen-bond donors (Lipinski definition) is 0. The summed E-state index contributed by atoms with van der Waals surface area (Å²) in [7, 11) is 0. The van der Waals surface area contributed by atoms with Crippen molar-refractivity contribution in [1.29, 1.82) is 0 Å². The van der Waals surface area contributed by atoms with E-state index in [4.69, 9.17) is 14.2 Å². The molecule has 5 heteroatoms. The van der Waals surface area contributed by atoms with Crippen molar-refractivity contribution in [1.82, 2.24) is 0 Å². The molecule has 17 heavy (non-hydrogen) atoms. The van der Waals surface area contributed by atoms with Gasteiger partial charge in [0.2, 0.25) is 0 Å². The normalized spacial score (nSPS) is 19.5. The van der Waals surface area contributed by atoms with Crippen molar-refractivity contribution in [3.8, 4) is 0 Å². The summed E-state index contributed by atoms with van der Waals surface area (Å²) in [6.45, 7) is 3.22. The van der Waals surface area contributed by atoms with E-state index in [9.17, 15) is 9.59 Å². The molecule has 5 nitrogen and oxygen atoms in total. The molecule has 0 radical (unpaired) electrons. The van der Waals surface area contributed by atoms with Crippen LogP contribution in [0.5, 0.6) is 0 Å². The second kappa shape index (κ2) is 7.84. The summed E-state index contributed by atoms with van der Waals surface area (Å²) in [5.74, 6) is -1.07. The molecule has 0 aliphatic carbocycles. The minimum atomic E-state index is -0.547. The summed E-state index contributed by atoms with van der Waals surface area (Å²) in [5.41, 5.74) is 0. The third kappa shape index (κ3) is 6.06. The van der Waals surface area contributed by atoms with Crippen LogP contribution in [-0.4, -0.2) is 37.9 Å². The summed E-state index contributed by atoms with van der Waals surface area (Å²) in [6, 6.07) is 0. The molecule has 0 spiro atoms. The van der Waals surface area contributed by atoms with Crippen molar-refractivity contribution in [3.63, 3.8) is 0 Å². The number of ether oxygens (including phenoxy) is 3. The van der Waals surface area contributed by atoms with Crippen LogP contribution in [-0.2, 0) is 23.8 Å². The third-order valence-electron chi connectivity index (χ3n) is 2.24. The number of carbonyl (C=O) groups is 2. The Balaban J connectivity index is 2.14. The van der Waals surface area contributed by atoms with Crippen molar-refractivity contribution < 1.29 is 23.8 Å². The maximum Gasteiger partial charge on any atom is 0.331 e. The molecule has 0 N–H and O–H groups in total. The molecule has 0 aromatic rings. The molecule has 1 unspecified atom stereocenters. The minimum absolute atomic E-state index is 0.000562. The smallest absolute Gasteiger partial charge is 0.331 e. The molecule has 0 bridgehead atoms. The minimum Gasteiger partial charge on any atom is -0.463 e. The number of esters is 2. The first-order valence-corrected chi connectivity index (χ1v) is 5.85. The van der Waals surface area contributed by atoms with Crippen molar-refractivity contribution >= 4 is 11.9 Å². The maximum atomic E-state index is 11.2. The lowest BCUT2D eigenvalue weighted by molar-refractivity contribution is -0.142. The van der Waals surface area contributed by atoms with Crippen LogP contribution >= 0.6 is 0 Å². The highest BCUT2D eigenvalue weighted by Gasteiger charge is 2.16. The first-order chi connectivity index (χ1) is 8.22. The molecular weight excluding hydrogens is 224 g/mol. The lowest BCUT2D eigenvalue weighted by atomic mass is 10.2. The van der Waals surface area contributed by atoms with E-state index >= 15 is 0 Å². The molecule has 1 rings (SSSR count). The average molecular weight is 242 g/mol. The van der Waals surface area contributed by atoms with Crippen LogP contribution in [0.4, 0.5) is 0 Å². The fourth-order valence-electron chi connectivity index (χ4n) is 1.39. The van der Waals surface area contributed by atoms with Crippen LogP contribution in [0, 0.1) is 0 Å². The second-order valence-corrected chi connectivity index (χ2v) is 3.77. The highest BCUT2D eigenvalue weighted by atomic mass is 16.6. The Morgan fingerprint density at radius 3 is 2.59 bits per heavy atom. The quantitative estimate of drug-likeness (QED) is 0.517. The van der Waals surface area contributed by atoms with Crippen molar-refractivity contribution in [2.24, 2.45) is 0 Å². The predicted octanol–water partition coefficient (Wildman–Crippen LogP) is 1.22. The average Bonchev–Trinajstić information content (AvgIpc) is 2.84. The Labute approximate surface area is 101 Å². The van der Waals surface area contributed by atoms with Crippen LogP contribution in [0.15, 0.2) is 12.2 Å². The van der Waals surface area contributed by atoms with E-state index in [1.807, 2.05) is 6.92 Å². The summed E-state index contributed by atoms with van der Waals surface area (Å²) in [5, 5.41) is 0. The van der Waals surface area contributed by atoms with Gasteiger partial charge >= 0.3 is 11.9 Å². The molecule has 1 saturated heterocycles. The van der Waals surface area contributed by atoms with Crippen LogP contribution < -0.4 is 0 Å². The molecule has 1 atom stereocenters. The van der Waals surface area contributed by atoms with E-state index in [0.717, 1.165) is 38.0 Å². The van der Waals surface area contributed by atoms with Gasteiger partial charge in [-0.15, -0.1) is 0 Å². The van der Waals surface area contributed by atoms with Gasteiger partial charge in [0.1, 0.15) is 6.61 Å². The molecule has 0 aromatic carbocycles. The van der Waals surface area contributed by atoms with Gasteiger partial charge in [-0.25, -0.2) is 9.59 Å². The zero-order chi connectivity index (χ0) is 12.5. The highest BCUT2D eigenvalue weighted by molar-refractivity contribution is 5.91. The van der Waals surface area contributed by atoms with Gasteiger partial charge in [-0.2, -0.15) is 0 Å². The molecular formula is C12H18O5. The zero-order valence-corrected chi connectivity index (χ0v) is 10.0. The van der Waals surface area contributed by atoms with Crippen LogP contribution in [0.25, 0.3) is 0 Å². The standard InChI is InChI=1S/C12H18O5/c1-2-7-16-11(13)5-6-12(14)17-9-10-4-3-8-15-10/h5-6,10H,2-4,7-9H2,1H3/b6-5+. The third-order valence-corrected chi connectivity index (χ3v) is 2.24. The van der Waals surface area contributed by atoms with Crippen molar-refractivity contribution in [2.45, 2.75) is 32.3 Å².